The van der Waals surface area contributed by atoms with Gasteiger partial charge >= 0.3 is 0 Å². The highest BCUT2D eigenvalue weighted by Crippen LogP contribution is 2.19. The molecule has 2 aromatic carbocycles. The van der Waals surface area contributed by atoms with E-state index in [2.05, 4.69) is 10.2 Å². The summed E-state index contributed by atoms with van der Waals surface area (Å²) in [6.45, 7) is 0. The first kappa shape index (κ1) is 14.3. The van der Waals surface area contributed by atoms with Gasteiger partial charge in [0.1, 0.15) is 0 Å². The SMILES string of the molecule is Nn1c(SCc2ccccc2)nnc(-c2ccccc2)c1=O. The van der Waals surface area contributed by atoms with Gasteiger partial charge < -0.3 is 5.84 Å². The standard InChI is InChI=1S/C16H14N4OS/c17-20-15(21)14(13-9-5-2-6-10-13)18-19-16(20)22-11-12-7-3-1-4-8-12/h1-10H,11,17H2. The van der Waals surface area contributed by atoms with Gasteiger partial charge in [-0.25, -0.2) is 0 Å². The zero-order valence-electron chi connectivity index (χ0n) is 11.7. The van der Waals surface area contributed by atoms with Crippen molar-refractivity contribution in [1.82, 2.24) is 14.9 Å². The summed E-state index contributed by atoms with van der Waals surface area (Å²) in [4.78, 5) is 12.3. The Morgan fingerprint density at radius 3 is 2.27 bits per heavy atom. The van der Waals surface area contributed by atoms with Crippen molar-refractivity contribution >= 4 is 11.8 Å². The van der Waals surface area contributed by atoms with Crippen LogP contribution in [0.4, 0.5) is 0 Å². The second-order valence-corrected chi connectivity index (χ2v) is 5.59. The Bertz CT molecular complexity index is 819. The maximum atomic E-state index is 12.3. The van der Waals surface area contributed by atoms with Crippen molar-refractivity contribution in [2.24, 2.45) is 0 Å². The number of hydrogen-bond donors (Lipinski definition) is 1. The molecule has 0 bridgehead atoms. The topological polar surface area (TPSA) is 73.8 Å². The van der Waals surface area contributed by atoms with Gasteiger partial charge in [0.25, 0.3) is 5.56 Å². The minimum atomic E-state index is -0.350. The van der Waals surface area contributed by atoms with Gasteiger partial charge in [0.2, 0.25) is 5.16 Å². The third kappa shape index (κ3) is 3.01. The van der Waals surface area contributed by atoms with Crippen molar-refractivity contribution in [1.29, 1.82) is 0 Å². The number of nitrogen functional groups attached to an aromatic ring is 1. The molecule has 0 radical (unpaired) electrons. The number of hydrogen-bond acceptors (Lipinski definition) is 5. The molecular weight excluding hydrogens is 296 g/mol. The molecule has 3 aromatic rings. The van der Waals surface area contributed by atoms with Crippen molar-refractivity contribution in [2.75, 3.05) is 5.84 Å². The van der Waals surface area contributed by atoms with Crippen LogP contribution in [0.15, 0.2) is 70.6 Å². The molecule has 0 amide bonds. The highest BCUT2D eigenvalue weighted by molar-refractivity contribution is 7.98. The van der Waals surface area contributed by atoms with Crippen LogP contribution in [0.1, 0.15) is 5.56 Å². The van der Waals surface area contributed by atoms with Crippen molar-refractivity contribution in [3.8, 4) is 11.3 Å². The quantitative estimate of drug-likeness (QED) is 0.591. The summed E-state index contributed by atoms with van der Waals surface area (Å²) >= 11 is 1.38. The fraction of sp³-hybridized carbons (Fsp3) is 0.0625. The largest absolute Gasteiger partial charge is 0.334 e. The van der Waals surface area contributed by atoms with E-state index >= 15 is 0 Å². The minimum Gasteiger partial charge on any atom is -0.334 e. The van der Waals surface area contributed by atoms with Crippen LogP contribution in [-0.2, 0) is 5.75 Å². The second-order valence-electron chi connectivity index (χ2n) is 4.65. The van der Waals surface area contributed by atoms with Gasteiger partial charge in [0.15, 0.2) is 5.69 Å². The van der Waals surface area contributed by atoms with E-state index in [-0.39, 0.29) is 11.3 Å². The third-order valence-electron chi connectivity index (χ3n) is 3.12. The lowest BCUT2D eigenvalue weighted by Crippen LogP contribution is -2.32. The Labute approximate surface area is 131 Å². The number of nitrogens with zero attached hydrogens (tertiary/aromatic N) is 3. The Hall–Kier alpha value is -2.60. The second kappa shape index (κ2) is 6.44. The minimum absolute atomic E-state index is 0.257. The van der Waals surface area contributed by atoms with E-state index in [0.29, 0.717) is 16.5 Å². The summed E-state index contributed by atoms with van der Waals surface area (Å²) in [5, 5.41) is 8.52. The van der Waals surface area contributed by atoms with Crippen LogP contribution in [0.3, 0.4) is 0 Å². The lowest BCUT2D eigenvalue weighted by Gasteiger charge is -2.07. The van der Waals surface area contributed by atoms with Gasteiger partial charge in [-0.3, -0.25) is 4.79 Å². The van der Waals surface area contributed by atoms with E-state index in [9.17, 15) is 4.79 Å². The summed E-state index contributed by atoms with van der Waals surface area (Å²) in [6.07, 6.45) is 0. The molecule has 0 aliphatic heterocycles. The fourth-order valence-corrected chi connectivity index (χ4v) is 2.79. The molecule has 22 heavy (non-hydrogen) atoms. The Morgan fingerprint density at radius 1 is 0.955 bits per heavy atom. The van der Waals surface area contributed by atoms with Crippen LogP contribution >= 0.6 is 11.8 Å². The number of thioether (sulfide) groups is 1. The molecule has 3 rings (SSSR count). The van der Waals surface area contributed by atoms with E-state index < -0.39 is 0 Å². The molecule has 0 saturated carbocycles. The molecule has 0 spiro atoms. The zero-order valence-corrected chi connectivity index (χ0v) is 12.5. The van der Waals surface area contributed by atoms with Gasteiger partial charge in [0, 0.05) is 11.3 Å². The zero-order chi connectivity index (χ0) is 15.4. The Morgan fingerprint density at radius 2 is 1.59 bits per heavy atom. The first-order valence-electron chi connectivity index (χ1n) is 6.72. The summed E-state index contributed by atoms with van der Waals surface area (Å²) in [6, 6.07) is 19.1. The van der Waals surface area contributed by atoms with Crippen molar-refractivity contribution < 1.29 is 0 Å². The molecule has 1 heterocycles. The average Bonchev–Trinajstić information content (AvgIpc) is 2.58. The lowest BCUT2D eigenvalue weighted by atomic mass is 10.2. The molecule has 0 aliphatic rings. The normalized spacial score (nSPS) is 10.5. The average molecular weight is 310 g/mol. The lowest BCUT2D eigenvalue weighted by molar-refractivity contribution is 0.704. The maximum Gasteiger partial charge on any atom is 0.299 e. The van der Waals surface area contributed by atoms with E-state index in [1.807, 2.05) is 60.7 Å². The van der Waals surface area contributed by atoms with Crippen LogP contribution in [0.5, 0.6) is 0 Å². The number of aromatic nitrogens is 3. The molecule has 5 nitrogen and oxygen atoms in total. The van der Waals surface area contributed by atoms with Crippen LogP contribution in [0.2, 0.25) is 0 Å². The van der Waals surface area contributed by atoms with Gasteiger partial charge in [-0.05, 0) is 5.56 Å². The summed E-state index contributed by atoms with van der Waals surface area (Å²) in [5.41, 5.74) is 1.75. The van der Waals surface area contributed by atoms with Crippen LogP contribution in [-0.4, -0.2) is 14.9 Å². The molecule has 0 fully saturated rings. The van der Waals surface area contributed by atoms with E-state index in [0.717, 1.165) is 10.2 Å². The third-order valence-corrected chi connectivity index (χ3v) is 4.14. The van der Waals surface area contributed by atoms with Crippen molar-refractivity contribution in [3.05, 3.63) is 76.6 Å². The first-order chi connectivity index (χ1) is 10.8. The monoisotopic (exact) mass is 310 g/mol. The number of benzene rings is 2. The molecule has 1 aromatic heterocycles. The van der Waals surface area contributed by atoms with Gasteiger partial charge in [-0.15, -0.1) is 10.2 Å². The molecule has 0 atom stereocenters. The smallest absolute Gasteiger partial charge is 0.299 e. The molecule has 0 saturated heterocycles. The molecule has 0 aliphatic carbocycles. The van der Waals surface area contributed by atoms with Gasteiger partial charge in [-0.2, -0.15) is 4.68 Å². The Kier molecular flexibility index (Phi) is 4.20. The van der Waals surface area contributed by atoms with E-state index in [1.54, 1.807) is 0 Å². The predicted octanol–water partition coefficient (Wildman–Crippen LogP) is 2.31. The van der Waals surface area contributed by atoms with Gasteiger partial charge in [-0.1, -0.05) is 72.4 Å². The van der Waals surface area contributed by atoms with Crippen molar-refractivity contribution in [3.63, 3.8) is 0 Å². The van der Waals surface area contributed by atoms with Crippen LogP contribution < -0.4 is 11.4 Å². The van der Waals surface area contributed by atoms with E-state index in [1.165, 1.54) is 11.8 Å². The summed E-state index contributed by atoms with van der Waals surface area (Å²) < 4.78 is 1.06. The molecular formula is C16H14N4OS. The predicted molar refractivity (Wildman–Crippen MR) is 87.9 cm³/mol. The number of nitrogens with two attached hydrogens (primary N) is 1. The summed E-state index contributed by atoms with van der Waals surface area (Å²) in [7, 11) is 0. The molecule has 0 unspecified atom stereocenters. The molecule has 110 valence electrons. The molecule has 2 N–H and O–H groups in total. The van der Waals surface area contributed by atoms with Crippen LogP contribution in [0.25, 0.3) is 11.3 Å². The number of rotatable bonds is 4. The maximum absolute atomic E-state index is 12.3. The molecule has 6 heteroatoms. The van der Waals surface area contributed by atoms with Crippen molar-refractivity contribution in [2.45, 2.75) is 10.9 Å². The highest BCUT2D eigenvalue weighted by atomic mass is 32.2. The van der Waals surface area contributed by atoms with Gasteiger partial charge in [0.05, 0.1) is 0 Å². The van der Waals surface area contributed by atoms with E-state index in [4.69, 9.17) is 5.84 Å². The fourth-order valence-electron chi connectivity index (χ4n) is 1.98. The highest BCUT2D eigenvalue weighted by Gasteiger charge is 2.12. The Balaban J connectivity index is 1.86. The summed E-state index contributed by atoms with van der Waals surface area (Å²) in [5.74, 6) is 6.54. The van der Waals surface area contributed by atoms with Crippen LogP contribution in [0, 0.1) is 0 Å². The first-order valence-corrected chi connectivity index (χ1v) is 7.71.